The summed E-state index contributed by atoms with van der Waals surface area (Å²) in [5, 5.41) is 5.12. The Labute approximate surface area is 199 Å². The first-order chi connectivity index (χ1) is 16.1. The Bertz CT molecular complexity index is 1110. The molecular weight excluding hydrogens is 436 g/mol. The third kappa shape index (κ3) is 6.27. The van der Waals surface area contributed by atoms with Crippen molar-refractivity contribution < 1.29 is 19.1 Å². The molecule has 3 rings (SSSR count). The van der Waals surface area contributed by atoms with Crippen LogP contribution < -0.4 is 16.3 Å². The van der Waals surface area contributed by atoms with Gasteiger partial charge in [-0.05, 0) is 58.1 Å². The number of ether oxygens (including phenoxy) is 1. The Morgan fingerprint density at radius 1 is 1.12 bits per heavy atom. The summed E-state index contributed by atoms with van der Waals surface area (Å²) in [6, 6.07) is 5.14. The van der Waals surface area contributed by atoms with Crippen LogP contribution in [0.5, 0.6) is 0 Å². The van der Waals surface area contributed by atoms with Crippen molar-refractivity contribution in [2.24, 2.45) is 7.05 Å². The van der Waals surface area contributed by atoms with E-state index in [9.17, 15) is 19.2 Å². The number of aryl methyl sites for hydroxylation is 2. The van der Waals surface area contributed by atoms with Crippen LogP contribution in [0.15, 0.2) is 23.0 Å². The first-order valence-corrected chi connectivity index (χ1v) is 12.1. The molecule has 1 atom stereocenters. The van der Waals surface area contributed by atoms with E-state index < -0.39 is 17.6 Å². The van der Waals surface area contributed by atoms with E-state index in [0.29, 0.717) is 13.0 Å². The first-order valence-electron chi connectivity index (χ1n) is 12.1. The van der Waals surface area contributed by atoms with Gasteiger partial charge in [-0.2, -0.15) is 0 Å². The van der Waals surface area contributed by atoms with Crippen molar-refractivity contribution in [2.45, 2.75) is 83.8 Å². The molecule has 186 valence electrons. The number of aromatic nitrogens is 2. The van der Waals surface area contributed by atoms with E-state index in [1.165, 1.54) is 4.57 Å². The van der Waals surface area contributed by atoms with Crippen LogP contribution in [0, 0.1) is 0 Å². The number of unbranched alkanes of at least 4 members (excludes halogenated alkanes) is 4. The van der Waals surface area contributed by atoms with E-state index in [0.717, 1.165) is 55.1 Å². The number of hydrogen-bond donors (Lipinski definition) is 2. The van der Waals surface area contributed by atoms with Crippen molar-refractivity contribution in [1.29, 1.82) is 0 Å². The van der Waals surface area contributed by atoms with E-state index in [4.69, 9.17) is 4.74 Å². The van der Waals surface area contributed by atoms with Gasteiger partial charge in [-0.3, -0.25) is 24.0 Å². The van der Waals surface area contributed by atoms with Gasteiger partial charge in [-0.1, -0.05) is 31.4 Å². The number of imide groups is 1. The van der Waals surface area contributed by atoms with Crippen molar-refractivity contribution >= 4 is 28.9 Å². The number of rotatable bonds is 9. The minimum atomic E-state index is -0.668. The molecule has 1 aliphatic rings. The van der Waals surface area contributed by atoms with Crippen molar-refractivity contribution in [3.05, 3.63) is 34.2 Å². The molecule has 2 N–H and O–H groups in total. The van der Waals surface area contributed by atoms with Crippen molar-refractivity contribution in [1.82, 2.24) is 19.8 Å². The molecule has 1 aliphatic heterocycles. The van der Waals surface area contributed by atoms with E-state index in [2.05, 4.69) is 10.6 Å². The fraction of sp³-hybridized carbons (Fsp3) is 0.600. The predicted octanol–water partition coefficient (Wildman–Crippen LogP) is 3.34. The lowest BCUT2D eigenvalue weighted by atomic mass is 10.0. The van der Waals surface area contributed by atoms with Crippen LogP contribution in [0.25, 0.3) is 11.0 Å². The number of hydrogen-bond acceptors (Lipinski definition) is 5. The molecule has 34 heavy (non-hydrogen) atoms. The van der Waals surface area contributed by atoms with Gasteiger partial charge in [0.05, 0.1) is 11.0 Å². The number of carbonyl (C=O) groups is 3. The molecule has 3 amide bonds. The second kappa shape index (κ2) is 10.9. The Morgan fingerprint density at radius 2 is 1.82 bits per heavy atom. The number of nitrogens with zero attached hydrogens (tertiary/aromatic N) is 2. The second-order valence-electron chi connectivity index (χ2n) is 9.91. The Morgan fingerprint density at radius 3 is 2.53 bits per heavy atom. The Balaban J connectivity index is 1.52. The van der Waals surface area contributed by atoms with Gasteiger partial charge in [-0.25, -0.2) is 9.59 Å². The van der Waals surface area contributed by atoms with Gasteiger partial charge >= 0.3 is 11.8 Å². The van der Waals surface area contributed by atoms with Crippen LogP contribution in [-0.2, 0) is 27.8 Å². The predicted molar refractivity (Wildman–Crippen MR) is 130 cm³/mol. The summed E-state index contributed by atoms with van der Waals surface area (Å²) in [6.07, 6.45) is 6.02. The maximum atomic E-state index is 13.0. The van der Waals surface area contributed by atoms with E-state index >= 15 is 0 Å². The van der Waals surface area contributed by atoms with Crippen LogP contribution in [0.1, 0.15) is 77.3 Å². The van der Waals surface area contributed by atoms with Crippen LogP contribution in [0.3, 0.4) is 0 Å². The molecule has 0 bridgehead atoms. The van der Waals surface area contributed by atoms with Gasteiger partial charge in [0, 0.05) is 20.0 Å². The second-order valence-corrected chi connectivity index (χ2v) is 9.91. The van der Waals surface area contributed by atoms with Crippen molar-refractivity contribution in [3.8, 4) is 0 Å². The molecule has 0 aliphatic carbocycles. The van der Waals surface area contributed by atoms with Gasteiger partial charge in [-0.15, -0.1) is 0 Å². The number of benzene rings is 1. The Hall–Kier alpha value is -3.10. The van der Waals surface area contributed by atoms with Crippen LogP contribution in [0.4, 0.5) is 4.79 Å². The fourth-order valence-corrected chi connectivity index (χ4v) is 4.43. The lowest BCUT2D eigenvalue weighted by molar-refractivity contribution is -0.135. The quantitative estimate of drug-likeness (QED) is 0.430. The molecule has 2 aromatic rings. The first kappa shape index (κ1) is 25.5. The summed E-state index contributed by atoms with van der Waals surface area (Å²) in [5.74, 6) is -0.715. The summed E-state index contributed by atoms with van der Waals surface area (Å²) in [5.41, 5.74) is 1.93. The summed E-state index contributed by atoms with van der Waals surface area (Å²) in [4.78, 5) is 48.5. The van der Waals surface area contributed by atoms with Gasteiger partial charge in [0.25, 0.3) is 0 Å². The average Bonchev–Trinajstić information content (AvgIpc) is 3.00. The third-order valence-electron chi connectivity index (χ3n) is 6.00. The third-order valence-corrected chi connectivity index (χ3v) is 6.00. The lowest BCUT2D eigenvalue weighted by Gasteiger charge is -2.21. The number of amides is 3. The average molecular weight is 473 g/mol. The van der Waals surface area contributed by atoms with Crippen LogP contribution in [-0.4, -0.2) is 39.2 Å². The summed E-state index contributed by atoms with van der Waals surface area (Å²) in [7, 11) is 1.73. The molecule has 0 saturated carbocycles. The van der Waals surface area contributed by atoms with E-state index in [1.54, 1.807) is 11.6 Å². The highest BCUT2D eigenvalue weighted by Crippen LogP contribution is 2.26. The fourth-order valence-electron chi connectivity index (χ4n) is 4.43. The van der Waals surface area contributed by atoms with Crippen LogP contribution >= 0.6 is 0 Å². The maximum absolute atomic E-state index is 13.0. The zero-order chi connectivity index (χ0) is 24.9. The van der Waals surface area contributed by atoms with E-state index in [-0.39, 0.29) is 24.1 Å². The number of alkyl carbamates (subject to hydrolysis) is 1. The summed E-state index contributed by atoms with van der Waals surface area (Å²) >= 11 is 0. The molecule has 1 saturated heterocycles. The topological polar surface area (TPSA) is 111 Å². The largest absolute Gasteiger partial charge is 0.444 e. The monoisotopic (exact) mass is 472 g/mol. The number of imidazole rings is 1. The standard InChI is InChI=1S/C25H36N4O5/c1-25(2,3)34-23(32)26-16-9-7-5-6-8-11-17-12-10-13-18-21(17)28(4)24(33)29(18)19-14-15-20(30)27-22(19)31/h10,12-13,19H,5-9,11,14-16H2,1-4H3,(H,26,32)(H,27,30,31). The lowest BCUT2D eigenvalue weighted by Crippen LogP contribution is -2.44. The van der Waals surface area contributed by atoms with Gasteiger partial charge in [0.2, 0.25) is 11.8 Å². The number of nitrogens with one attached hydrogen (secondary N) is 2. The minimum absolute atomic E-state index is 0.228. The molecule has 1 unspecified atom stereocenters. The smallest absolute Gasteiger partial charge is 0.407 e. The molecule has 2 heterocycles. The minimum Gasteiger partial charge on any atom is -0.444 e. The SMILES string of the molecule is Cn1c(=O)n(C2CCC(=O)NC2=O)c2cccc(CCCCCCCNC(=O)OC(C)(C)C)c21. The van der Waals surface area contributed by atoms with Crippen molar-refractivity contribution in [3.63, 3.8) is 0 Å². The number of piperidine rings is 1. The highest BCUT2D eigenvalue weighted by atomic mass is 16.6. The highest BCUT2D eigenvalue weighted by Gasteiger charge is 2.31. The zero-order valence-corrected chi connectivity index (χ0v) is 20.6. The molecule has 1 aromatic heterocycles. The molecule has 9 heteroatoms. The molecule has 0 radical (unpaired) electrons. The maximum Gasteiger partial charge on any atom is 0.407 e. The molecule has 9 nitrogen and oxygen atoms in total. The molecule has 1 aromatic carbocycles. The van der Waals surface area contributed by atoms with Gasteiger partial charge in [0.15, 0.2) is 0 Å². The molecular formula is C25H36N4O5. The van der Waals surface area contributed by atoms with E-state index in [1.807, 2.05) is 39.0 Å². The normalized spacial score (nSPS) is 16.5. The Kier molecular flexibility index (Phi) is 8.17. The van der Waals surface area contributed by atoms with Crippen LogP contribution in [0.2, 0.25) is 0 Å². The van der Waals surface area contributed by atoms with Crippen molar-refractivity contribution in [2.75, 3.05) is 6.54 Å². The summed E-state index contributed by atoms with van der Waals surface area (Å²) < 4.78 is 8.36. The highest BCUT2D eigenvalue weighted by molar-refractivity contribution is 6.00. The number of fused-ring (bicyclic) bond motifs is 1. The molecule has 0 spiro atoms. The van der Waals surface area contributed by atoms with Gasteiger partial charge in [0.1, 0.15) is 11.6 Å². The number of carbonyl (C=O) groups excluding carboxylic acids is 3. The summed E-state index contributed by atoms with van der Waals surface area (Å²) in [6.45, 7) is 6.13. The number of para-hydroxylation sites is 1. The van der Waals surface area contributed by atoms with Gasteiger partial charge < -0.3 is 10.1 Å². The zero-order valence-electron chi connectivity index (χ0n) is 20.6. The molecule has 1 fully saturated rings.